The summed E-state index contributed by atoms with van der Waals surface area (Å²) in [6, 6.07) is 9.81. The van der Waals surface area contributed by atoms with E-state index in [2.05, 4.69) is 5.32 Å². The smallest absolute Gasteiger partial charge is 0.261 e. The molecule has 0 bridgehead atoms. The van der Waals surface area contributed by atoms with Crippen molar-refractivity contribution in [3.63, 3.8) is 0 Å². The van der Waals surface area contributed by atoms with Crippen LogP contribution in [0.3, 0.4) is 0 Å². The second-order valence-corrected chi connectivity index (χ2v) is 8.03. The molecule has 0 atom stereocenters. The summed E-state index contributed by atoms with van der Waals surface area (Å²) in [4.78, 5) is 23.8. The van der Waals surface area contributed by atoms with Crippen LogP contribution < -0.4 is 9.62 Å². The van der Waals surface area contributed by atoms with Gasteiger partial charge in [0.05, 0.1) is 23.4 Å². The molecule has 0 aliphatic carbocycles. The number of anilines is 1. The molecule has 2 aromatic rings. The zero-order valence-corrected chi connectivity index (χ0v) is 15.0. The average molecular weight is 366 g/mol. The summed E-state index contributed by atoms with van der Waals surface area (Å²) in [5, 5.41) is 4.50. The van der Waals surface area contributed by atoms with Crippen molar-refractivity contribution in [3.8, 4) is 0 Å². The summed E-state index contributed by atoms with van der Waals surface area (Å²) in [5.41, 5.74) is 0.964. The Morgan fingerprint density at radius 3 is 2.33 bits per heavy atom. The number of ketones is 1. The van der Waals surface area contributed by atoms with Crippen LogP contribution >= 0.6 is 11.3 Å². The zero-order chi connectivity index (χ0) is 17.7. The maximum Gasteiger partial charge on any atom is 0.261 e. The second-order valence-electron chi connectivity index (χ2n) is 5.17. The van der Waals surface area contributed by atoms with Gasteiger partial charge in [0.25, 0.3) is 5.91 Å². The van der Waals surface area contributed by atoms with E-state index in [-0.39, 0.29) is 24.8 Å². The van der Waals surface area contributed by atoms with Gasteiger partial charge in [-0.3, -0.25) is 13.9 Å². The second kappa shape index (κ2) is 7.59. The number of carbonyl (C=O) groups excluding carboxylic acids is 2. The summed E-state index contributed by atoms with van der Waals surface area (Å²) in [6.45, 7) is 1.73. The van der Waals surface area contributed by atoms with Crippen LogP contribution in [0.4, 0.5) is 5.69 Å². The molecule has 128 valence electrons. The van der Waals surface area contributed by atoms with Crippen LogP contribution in [-0.2, 0) is 10.0 Å². The van der Waals surface area contributed by atoms with Crippen molar-refractivity contribution < 1.29 is 18.0 Å². The van der Waals surface area contributed by atoms with Gasteiger partial charge < -0.3 is 5.32 Å². The number of nitrogens with one attached hydrogen (secondary N) is 1. The van der Waals surface area contributed by atoms with E-state index in [1.807, 2.05) is 0 Å². The molecule has 1 heterocycles. The van der Waals surface area contributed by atoms with Gasteiger partial charge in [-0.2, -0.15) is 0 Å². The lowest BCUT2D eigenvalue weighted by Crippen LogP contribution is -2.38. The van der Waals surface area contributed by atoms with Crippen molar-refractivity contribution in [2.75, 3.05) is 23.7 Å². The van der Waals surface area contributed by atoms with E-state index in [0.29, 0.717) is 16.1 Å². The lowest BCUT2D eigenvalue weighted by atomic mass is 10.1. The quantitative estimate of drug-likeness (QED) is 0.761. The van der Waals surface area contributed by atoms with Crippen molar-refractivity contribution in [2.45, 2.75) is 6.92 Å². The van der Waals surface area contributed by atoms with Crippen LogP contribution in [0.5, 0.6) is 0 Å². The first-order valence-electron chi connectivity index (χ1n) is 7.19. The third-order valence-electron chi connectivity index (χ3n) is 3.31. The largest absolute Gasteiger partial charge is 0.350 e. The lowest BCUT2D eigenvalue weighted by molar-refractivity contribution is 0.0957. The molecule has 1 aromatic carbocycles. The Morgan fingerprint density at radius 1 is 1.17 bits per heavy atom. The molecular weight excluding hydrogens is 348 g/mol. The number of thiophene rings is 1. The van der Waals surface area contributed by atoms with E-state index in [0.717, 1.165) is 6.26 Å². The molecule has 0 unspecified atom stereocenters. The van der Waals surface area contributed by atoms with Crippen molar-refractivity contribution in [3.05, 3.63) is 52.2 Å². The van der Waals surface area contributed by atoms with Gasteiger partial charge in [0.15, 0.2) is 5.78 Å². The highest BCUT2D eigenvalue weighted by molar-refractivity contribution is 7.92. The molecule has 6 nitrogen and oxygen atoms in total. The molecule has 0 fully saturated rings. The fourth-order valence-electron chi connectivity index (χ4n) is 2.11. The molecule has 0 saturated heterocycles. The van der Waals surface area contributed by atoms with Gasteiger partial charge >= 0.3 is 0 Å². The SMILES string of the molecule is CC(=O)c1ccc(N(CCNC(=O)c2cccs2)S(C)(=O)=O)cc1. The van der Waals surface area contributed by atoms with E-state index < -0.39 is 10.0 Å². The Morgan fingerprint density at radius 2 is 1.83 bits per heavy atom. The minimum atomic E-state index is -3.50. The standard InChI is InChI=1S/C16H18N2O4S2/c1-12(19)13-5-7-14(8-6-13)18(24(2,21)22)10-9-17-16(20)15-4-3-11-23-15/h3-8,11H,9-10H2,1-2H3,(H,17,20). The van der Waals surface area contributed by atoms with E-state index in [4.69, 9.17) is 0 Å². The predicted molar refractivity (Wildman–Crippen MR) is 95.3 cm³/mol. The van der Waals surface area contributed by atoms with Crippen LogP contribution in [0.1, 0.15) is 27.0 Å². The Balaban J connectivity index is 2.06. The summed E-state index contributed by atoms with van der Waals surface area (Å²) in [5.74, 6) is -0.318. The summed E-state index contributed by atoms with van der Waals surface area (Å²) >= 11 is 1.32. The first-order chi connectivity index (χ1) is 11.3. The van der Waals surface area contributed by atoms with Gasteiger partial charge in [-0.25, -0.2) is 8.42 Å². The lowest BCUT2D eigenvalue weighted by Gasteiger charge is -2.22. The third kappa shape index (κ3) is 4.65. The predicted octanol–water partition coefficient (Wildman–Crippen LogP) is 2.15. The monoisotopic (exact) mass is 366 g/mol. The van der Waals surface area contributed by atoms with Gasteiger partial charge in [0.1, 0.15) is 0 Å². The van der Waals surface area contributed by atoms with Crippen molar-refractivity contribution in [2.24, 2.45) is 0 Å². The number of benzene rings is 1. The molecule has 0 aliphatic heterocycles. The molecule has 2 rings (SSSR count). The maximum absolute atomic E-state index is 12.0. The van der Waals surface area contributed by atoms with Crippen LogP contribution in [0, 0.1) is 0 Å². The number of Topliss-reactive ketones (excluding diaryl/α,β-unsaturated/α-hetero) is 1. The first-order valence-corrected chi connectivity index (χ1v) is 9.92. The van der Waals surface area contributed by atoms with Gasteiger partial charge in [-0.05, 0) is 42.6 Å². The fraction of sp³-hybridized carbons (Fsp3) is 0.250. The number of sulfonamides is 1. The van der Waals surface area contributed by atoms with Gasteiger partial charge in [0.2, 0.25) is 10.0 Å². The van der Waals surface area contributed by atoms with Crippen molar-refractivity contribution in [1.82, 2.24) is 5.32 Å². The Labute approximate surface area is 145 Å². The number of hydrogen-bond donors (Lipinski definition) is 1. The minimum absolute atomic E-state index is 0.0873. The molecular formula is C16H18N2O4S2. The van der Waals surface area contributed by atoms with Crippen molar-refractivity contribution >= 4 is 38.7 Å². The maximum atomic E-state index is 12.0. The average Bonchev–Trinajstić information content (AvgIpc) is 3.04. The summed E-state index contributed by atoms with van der Waals surface area (Å²) in [6.07, 6.45) is 1.10. The minimum Gasteiger partial charge on any atom is -0.350 e. The Kier molecular flexibility index (Phi) is 5.74. The van der Waals surface area contributed by atoms with Gasteiger partial charge in [0, 0.05) is 12.1 Å². The zero-order valence-electron chi connectivity index (χ0n) is 13.4. The molecule has 1 amide bonds. The molecule has 24 heavy (non-hydrogen) atoms. The van der Waals surface area contributed by atoms with Gasteiger partial charge in [-0.15, -0.1) is 11.3 Å². The first kappa shape index (κ1) is 18.2. The van der Waals surface area contributed by atoms with E-state index in [1.165, 1.54) is 22.6 Å². The number of rotatable bonds is 7. The Hall–Kier alpha value is -2.19. The molecule has 0 radical (unpaired) electrons. The molecule has 0 spiro atoms. The van der Waals surface area contributed by atoms with Gasteiger partial charge in [-0.1, -0.05) is 6.07 Å². The highest BCUT2D eigenvalue weighted by atomic mass is 32.2. The number of nitrogens with zero attached hydrogens (tertiary/aromatic N) is 1. The molecule has 0 aliphatic rings. The molecule has 1 N–H and O–H groups in total. The van der Waals surface area contributed by atoms with Crippen LogP contribution in [-0.4, -0.2) is 39.5 Å². The normalized spacial score (nSPS) is 11.1. The number of amides is 1. The van der Waals surface area contributed by atoms with E-state index >= 15 is 0 Å². The number of carbonyl (C=O) groups is 2. The summed E-state index contributed by atoms with van der Waals surface area (Å²) in [7, 11) is -3.50. The third-order valence-corrected chi connectivity index (χ3v) is 5.37. The number of hydrogen-bond acceptors (Lipinski definition) is 5. The van der Waals surface area contributed by atoms with E-state index in [1.54, 1.807) is 41.8 Å². The Bertz CT molecular complexity index is 812. The molecule has 1 aromatic heterocycles. The van der Waals surface area contributed by atoms with E-state index in [9.17, 15) is 18.0 Å². The fourth-order valence-corrected chi connectivity index (χ4v) is 3.68. The summed E-state index contributed by atoms with van der Waals surface area (Å²) < 4.78 is 25.2. The van der Waals surface area contributed by atoms with Crippen LogP contribution in [0.2, 0.25) is 0 Å². The molecule has 0 saturated carbocycles. The van der Waals surface area contributed by atoms with Crippen LogP contribution in [0.15, 0.2) is 41.8 Å². The highest BCUT2D eigenvalue weighted by Gasteiger charge is 2.18. The topological polar surface area (TPSA) is 83.6 Å². The van der Waals surface area contributed by atoms with Crippen LogP contribution in [0.25, 0.3) is 0 Å². The van der Waals surface area contributed by atoms with Crippen molar-refractivity contribution in [1.29, 1.82) is 0 Å². The molecule has 8 heteroatoms. The highest BCUT2D eigenvalue weighted by Crippen LogP contribution is 2.18.